The summed E-state index contributed by atoms with van der Waals surface area (Å²) in [6.07, 6.45) is 7.06. The van der Waals surface area contributed by atoms with Gasteiger partial charge in [-0.3, -0.25) is 4.79 Å². The molecule has 0 radical (unpaired) electrons. The van der Waals surface area contributed by atoms with Gasteiger partial charge in [-0.2, -0.15) is 0 Å². The number of carbonyl (C=O) groups excluding carboxylic acids is 1. The van der Waals surface area contributed by atoms with E-state index in [2.05, 4.69) is 10.3 Å². The van der Waals surface area contributed by atoms with E-state index in [4.69, 9.17) is 0 Å². The van der Waals surface area contributed by atoms with Gasteiger partial charge in [0.25, 0.3) is 0 Å². The quantitative estimate of drug-likeness (QED) is 0.853. The molecule has 1 aromatic heterocycles. The molecule has 2 aromatic rings. The number of nitrogens with zero attached hydrogens (tertiary/aromatic N) is 1. The zero-order valence-electron chi connectivity index (χ0n) is 12.4. The lowest BCUT2D eigenvalue weighted by atomic mass is 9.86. The lowest BCUT2D eigenvalue weighted by molar-refractivity contribution is -0.116. The number of aliphatic hydroxyl groups excluding tert-OH is 1. The standard InChI is InChI=1S/C17H20N2O2S/c20-14-7-3-1-5-12(14)11-18-16(21)9-10-17-19-13-6-2-4-8-15(13)22-17/h2,4,6,8-10,12,14,20H,1,3,5,7,11H2,(H,18,21)/b10-9-/t12-,14+/m0/s1. The Morgan fingerprint density at radius 3 is 3.00 bits per heavy atom. The Labute approximate surface area is 133 Å². The van der Waals surface area contributed by atoms with Crippen LogP contribution in [0.25, 0.3) is 16.3 Å². The first-order valence-corrected chi connectivity index (χ1v) is 8.53. The van der Waals surface area contributed by atoms with E-state index in [1.165, 1.54) is 6.08 Å². The van der Waals surface area contributed by atoms with E-state index >= 15 is 0 Å². The molecule has 4 nitrogen and oxygen atoms in total. The molecule has 0 bridgehead atoms. The van der Waals surface area contributed by atoms with E-state index in [9.17, 15) is 9.90 Å². The van der Waals surface area contributed by atoms with Crippen molar-refractivity contribution >= 4 is 33.5 Å². The van der Waals surface area contributed by atoms with Gasteiger partial charge >= 0.3 is 0 Å². The third-order valence-electron chi connectivity index (χ3n) is 4.10. The number of rotatable bonds is 4. The second-order valence-corrected chi connectivity index (χ2v) is 6.77. The van der Waals surface area contributed by atoms with E-state index in [1.54, 1.807) is 17.4 Å². The van der Waals surface area contributed by atoms with E-state index < -0.39 is 0 Å². The number of hydrogen-bond donors (Lipinski definition) is 2. The van der Waals surface area contributed by atoms with Gasteiger partial charge in [0.05, 0.1) is 16.3 Å². The highest BCUT2D eigenvalue weighted by atomic mass is 32.1. The van der Waals surface area contributed by atoms with Gasteiger partial charge in [-0.05, 0) is 31.1 Å². The Bertz CT molecular complexity index is 647. The second-order valence-electron chi connectivity index (χ2n) is 5.71. The van der Waals surface area contributed by atoms with E-state index in [-0.39, 0.29) is 17.9 Å². The maximum Gasteiger partial charge on any atom is 0.244 e. The number of thiazole rings is 1. The van der Waals surface area contributed by atoms with E-state index in [1.807, 2.05) is 24.3 Å². The van der Waals surface area contributed by atoms with Crippen LogP contribution in [-0.2, 0) is 4.79 Å². The highest BCUT2D eigenvalue weighted by Crippen LogP contribution is 2.24. The highest BCUT2D eigenvalue weighted by molar-refractivity contribution is 7.19. The second kappa shape index (κ2) is 7.03. The summed E-state index contributed by atoms with van der Waals surface area (Å²) in [6, 6.07) is 7.93. The molecule has 5 heteroatoms. The smallest absolute Gasteiger partial charge is 0.244 e. The summed E-state index contributed by atoms with van der Waals surface area (Å²) < 4.78 is 1.12. The van der Waals surface area contributed by atoms with Crippen molar-refractivity contribution in [3.8, 4) is 0 Å². The van der Waals surface area contributed by atoms with Gasteiger partial charge in [0.2, 0.25) is 5.91 Å². The average molecular weight is 316 g/mol. The predicted molar refractivity (Wildman–Crippen MR) is 89.6 cm³/mol. The van der Waals surface area contributed by atoms with Gasteiger partial charge in [-0.15, -0.1) is 11.3 Å². The van der Waals surface area contributed by atoms with Crippen LogP contribution in [0.15, 0.2) is 30.3 Å². The minimum Gasteiger partial charge on any atom is -0.393 e. The van der Waals surface area contributed by atoms with Gasteiger partial charge in [0.15, 0.2) is 0 Å². The topological polar surface area (TPSA) is 62.2 Å². The number of hydrogen-bond acceptors (Lipinski definition) is 4. The molecule has 3 rings (SSSR count). The molecule has 1 heterocycles. The minimum absolute atomic E-state index is 0.128. The summed E-state index contributed by atoms with van der Waals surface area (Å²) in [5, 5.41) is 13.6. The van der Waals surface area contributed by atoms with Crippen molar-refractivity contribution in [1.29, 1.82) is 0 Å². The van der Waals surface area contributed by atoms with Crippen LogP contribution >= 0.6 is 11.3 Å². The first kappa shape index (κ1) is 15.2. The lowest BCUT2D eigenvalue weighted by Crippen LogP contribution is -2.36. The summed E-state index contributed by atoms with van der Waals surface area (Å²) in [7, 11) is 0. The van der Waals surface area contributed by atoms with Gasteiger partial charge in [0, 0.05) is 18.5 Å². The monoisotopic (exact) mass is 316 g/mol. The first-order valence-electron chi connectivity index (χ1n) is 7.72. The van der Waals surface area contributed by atoms with Crippen molar-refractivity contribution in [2.45, 2.75) is 31.8 Å². The van der Waals surface area contributed by atoms with Crippen molar-refractivity contribution in [3.63, 3.8) is 0 Å². The number of nitrogens with one attached hydrogen (secondary N) is 1. The Morgan fingerprint density at radius 1 is 1.36 bits per heavy atom. The molecule has 116 valence electrons. The molecular formula is C17H20N2O2S. The fourth-order valence-electron chi connectivity index (χ4n) is 2.83. The van der Waals surface area contributed by atoms with Gasteiger partial charge in [-0.1, -0.05) is 25.0 Å². The Morgan fingerprint density at radius 2 is 2.18 bits per heavy atom. The molecule has 22 heavy (non-hydrogen) atoms. The number of aliphatic hydroxyl groups is 1. The maximum absolute atomic E-state index is 11.9. The molecule has 1 aliphatic carbocycles. The van der Waals surface area contributed by atoms with Crippen molar-refractivity contribution < 1.29 is 9.90 Å². The molecule has 0 saturated heterocycles. The van der Waals surface area contributed by atoms with Crippen molar-refractivity contribution in [3.05, 3.63) is 35.3 Å². The molecule has 0 aliphatic heterocycles. The normalized spacial score (nSPS) is 22.2. The number of para-hydroxylation sites is 1. The van der Waals surface area contributed by atoms with Crippen LogP contribution in [0.3, 0.4) is 0 Å². The van der Waals surface area contributed by atoms with Crippen molar-refractivity contribution in [2.75, 3.05) is 6.54 Å². The number of amides is 1. The van der Waals surface area contributed by atoms with Crippen LogP contribution in [-0.4, -0.2) is 28.6 Å². The van der Waals surface area contributed by atoms with Crippen LogP contribution in [0, 0.1) is 5.92 Å². The Balaban J connectivity index is 1.54. The first-order chi connectivity index (χ1) is 10.7. The van der Waals surface area contributed by atoms with Crippen LogP contribution in [0.5, 0.6) is 0 Å². The number of aromatic nitrogens is 1. The van der Waals surface area contributed by atoms with Gasteiger partial charge in [0.1, 0.15) is 5.01 Å². The third kappa shape index (κ3) is 3.72. The Kier molecular flexibility index (Phi) is 4.85. The largest absolute Gasteiger partial charge is 0.393 e. The molecular weight excluding hydrogens is 296 g/mol. The summed E-state index contributed by atoms with van der Waals surface area (Å²) in [4.78, 5) is 16.3. The highest BCUT2D eigenvalue weighted by Gasteiger charge is 2.22. The lowest BCUT2D eigenvalue weighted by Gasteiger charge is -2.27. The van der Waals surface area contributed by atoms with Crippen molar-refractivity contribution in [1.82, 2.24) is 10.3 Å². The maximum atomic E-state index is 11.9. The molecule has 1 fully saturated rings. The van der Waals surface area contributed by atoms with Gasteiger partial charge < -0.3 is 10.4 Å². The molecule has 2 N–H and O–H groups in total. The van der Waals surface area contributed by atoms with Crippen LogP contribution in [0.2, 0.25) is 0 Å². The van der Waals surface area contributed by atoms with Crippen LogP contribution < -0.4 is 5.32 Å². The fraction of sp³-hybridized carbons (Fsp3) is 0.412. The SMILES string of the molecule is O=C(/C=C\c1nc2ccccc2s1)NC[C@@H]1CCCC[C@H]1O. The number of fused-ring (bicyclic) bond motifs is 1. The summed E-state index contributed by atoms with van der Waals surface area (Å²) >= 11 is 1.57. The molecule has 0 spiro atoms. The van der Waals surface area contributed by atoms with Crippen LogP contribution in [0.4, 0.5) is 0 Å². The molecule has 2 atom stereocenters. The zero-order valence-corrected chi connectivity index (χ0v) is 13.2. The van der Waals surface area contributed by atoms with Crippen molar-refractivity contribution in [2.24, 2.45) is 5.92 Å². The van der Waals surface area contributed by atoms with E-state index in [0.717, 1.165) is 40.9 Å². The zero-order chi connectivity index (χ0) is 15.4. The minimum atomic E-state index is -0.276. The third-order valence-corrected chi connectivity index (χ3v) is 5.10. The molecule has 1 aliphatic rings. The predicted octanol–water partition coefficient (Wildman–Crippen LogP) is 2.98. The van der Waals surface area contributed by atoms with Crippen LogP contribution in [0.1, 0.15) is 30.7 Å². The summed E-state index contributed by atoms with van der Waals surface area (Å²) in [6.45, 7) is 0.546. The number of benzene rings is 1. The Hall–Kier alpha value is -1.72. The van der Waals surface area contributed by atoms with E-state index in [0.29, 0.717) is 6.54 Å². The summed E-state index contributed by atoms with van der Waals surface area (Å²) in [5.41, 5.74) is 0.956. The molecule has 1 amide bonds. The average Bonchev–Trinajstić information content (AvgIpc) is 2.95. The molecule has 1 aromatic carbocycles. The molecule has 1 saturated carbocycles. The van der Waals surface area contributed by atoms with Gasteiger partial charge in [-0.25, -0.2) is 4.98 Å². The fourth-order valence-corrected chi connectivity index (χ4v) is 3.70. The number of carbonyl (C=O) groups is 1. The molecule has 0 unspecified atom stereocenters. The summed E-state index contributed by atoms with van der Waals surface area (Å²) in [5.74, 6) is 0.0607.